The summed E-state index contributed by atoms with van der Waals surface area (Å²) in [5.74, 6) is 0.736. The second kappa shape index (κ2) is 7.11. The van der Waals surface area contributed by atoms with Gasteiger partial charge in [-0.3, -0.25) is 0 Å². The third-order valence-electron chi connectivity index (χ3n) is 3.96. The van der Waals surface area contributed by atoms with E-state index in [1.807, 2.05) is 13.8 Å². The first-order chi connectivity index (χ1) is 8.48. The maximum Gasteiger partial charge on any atom is 0.0697 e. The highest BCUT2D eigenvalue weighted by molar-refractivity contribution is 4.94. The van der Waals surface area contributed by atoms with E-state index in [-0.39, 0.29) is 5.41 Å². The average molecular weight is 251 g/mol. The number of hydrogen-bond acceptors (Lipinski definition) is 3. The summed E-state index contributed by atoms with van der Waals surface area (Å²) in [6, 6.07) is 2.87. The van der Waals surface area contributed by atoms with Crippen molar-refractivity contribution in [3.63, 3.8) is 0 Å². The van der Waals surface area contributed by atoms with Crippen LogP contribution in [0.3, 0.4) is 0 Å². The number of nitriles is 1. The van der Waals surface area contributed by atoms with Crippen molar-refractivity contribution in [1.29, 1.82) is 5.26 Å². The summed E-state index contributed by atoms with van der Waals surface area (Å²) < 4.78 is 0. The Balaban J connectivity index is 2.37. The van der Waals surface area contributed by atoms with Crippen LogP contribution in [0.1, 0.15) is 47.0 Å². The molecule has 1 N–H and O–H groups in total. The predicted molar refractivity (Wildman–Crippen MR) is 76.3 cm³/mol. The SMILES string of the molecule is CCCN1CCCC(C(C)NCC(C)(C)C#N)C1. The Morgan fingerprint density at radius 3 is 2.83 bits per heavy atom. The lowest BCUT2D eigenvalue weighted by Gasteiger charge is -2.36. The third-order valence-corrected chi connectivity index (χ3v) is 3.96. The molecule has 0 aromatic carbocycles. The normalized spacial score (nSPS) is 23.6. The minimum Gasteiger partial charge on any atom is -0.312 e. The Morgan fingerprint density at radius 1 is 1.50 bits per heavy atom. The minimum atomic E-state index is -0.258. The molecule has 1 fully saturated rings. The lowest BCUT2D eigenvalue weighted by molar-refractivity contribution is 0.148. The van der Waals surface area contributed by atoms with E-state index in [4.69, 9.17) is 5.26 Å². The quantitative estimate of drug-likeness (QED) is 0.789. The monoisotopic (exact) mass is 251 g/mol. The van der Waals surface area contributed by atoms with Gasteiger partial charge >= 0.3 is 0 Å². The van der Waals surface area contributed by atoms with Gasteiger partial charge < -0.3 is 10.2 Å². The maximum absolute atomic E-state index is 9.03. The molecule has 1 heterocycles. The smallest absolute Gasteiger partial charge is 0.0697 e. The molecule has 3 nitrogen and oxygen atoms in total. The fourth-order valence-electron chi connectivity index (χ4n) is 2.64. The van der Waals surface area contributed by atoms with Gasteiger partial charge in [0.1, 0.15) is 0 Å². The van der Waals surface area contributed by atoms with Crippen molar-refractivity contribution in [2.75, 3.05) is 26.2 Å². The summed E-state index contributed by atoms with van der Waals surface area (Å²) in [5, 5.41) is 12.6. The third kappa shape index (κ3) is 4.96. The lowest BCUT2D eigenvalue weighted by atomic mass is 9.89. The highest BCUT2D eigenvalue weighted by Gasteiger charge is 2.25. The van der Waals surface area contributed by atoms with E-state index < -0.39 is 0 Å². The van der Waals surface area contributed by atoms with Crippen LogP contribution in [0.15, 0.2) is 0 Å². The Kier molecular flexibility index (Phi) is 6.11. The van der Waals surface area contributed by atoms with Crippen LogP contribution in [0.25, 0.3) is 0 Å². The molecule has 18 heavy (non-hydrogen) atoms. The standard InChI is InChI=1S/C15H29N3/c1-5-8-18-9-6-7-14(10-18)13(2)17-12-15(3,4)11-16/h13-14,17H,5-10,12H2,1-4H3. The molecule has 0 radical (unpaired) electrons. The molecule has 104 valence electrons. The highest BCUT2D eigenvalue weighted by atomic mass is 15.1. The molecule has 2 atom stereocenters. The first-order valence-electron chi connectivity index (χ1n) is 7.35. The number of rotatable bonds is 6. The fourth-order valence-corrected chi connectivity index (χ4v) is 2.64. The zero-order valence-electron chi connectivity index (χ0n) is 12.5. The minimum absolute atomic E-state index is 0.258. The van der Waals surface area contributed by atoms with Gasteiger partial charge in [-0.1, -0.05) is 6.92 Å². The molecule has 1 rings (SSSR count). The molecule has 0 bridgehead atoms. The van der Waals surface area contributed by atoms with E-state index in [9.17, 15) is 0 Å². The van der Waals surface area contributed by atoms with Crippen molar-refractivity contribution in [2.24, 2.45) is 11.3 Å². The van der Waals surface area contributed by atoms with E-state index in [1.54, 1.807) is 0 Å². The highest BCUT2D eigenvalue weighted by Crippen LogP contribution is 2.21. The van der Waals surface area contributed by atoms with E-state index in [0.717, 1.165) is 12.5 Å². The first-order valence-corrected chi connectivity index (χ1v) is 7.35. The molecule has 2 unspecified atom stereocenters. The van der Waals surface area contributed by atoms with Crippen LogP contribution in [0, 0.1) is 22.7 Å². The van der Waals surface area contributed by atoms with Crippen LogP contribution < -0.4 is 5.32 Å². The maximum atomic E-state index is 9.03. The summed E-state index contributed by atoms with van der Waals surface area (Å²) in [5.41, 5.74) is -0.258. The fraction of sp³-hybridized carbons (Fsp3) is 0.933. The summed E-state index contributed by atoms with van der Waals surface area (Å²) in [6.45, 7) is 13.0. The van der Waals surface area contributed by atoms with Crippen molar-refractivity contribution in [2.45, 2.75) is 53.0 Å². The van der Waals surface area contributed by atoms with Gasteiger partial charge in [-0.2, -0.15) is 5.26 Å². The Labute approximate surface area is 113 Å². The number of hydrogen-bond donors (Lipinski definition) is 1. The average Bonchev–Trinajstić information content (AvgIpc) is 2.37. The van der Waals surface area contributed by atoms with Crippen LogP contribution >= 0.6 is 0 Å². The van der Waals surface area contributed by atoms with Crippen molar-refractivity contribution in [1.82, 2.24) is 10.2 Å². The Hall–Kier alpha value is -0.590. The van der Waals surface area contributed by atoms with Crippen molar-refractivity contribution in [3.05, 3.63) is 0 Å². The molecule has 1 aliphatic heterocycles. The van der Waals surface area contributed by atoms with Crippen molar-refractivity contribution in [3.8, 4) is 6.07 Å². The zero-order valence-corrected chi connectivity index (χ0v) is 12.5. The van der Waals surface area contributed by atoms with Gasteiger partial charge in [0.25, 0.3) is 0 Å². The van der Waals surface area contributed by atoms with E-state index >= 15 is 0 Å². The van der Waals surface area contributed by atoms with Crippen LogP contribution in [-0.2, 0) is 0 Å². The van der Waals surface area contributed by atoms with Gasteiger partial charge in [0.2, 0.25) is 0 Å². The van der Waals surface area contributed by atoms with Crippen LogP contribution in [0.2, 0.25) is 0 Å². The summed E-state index contributed by atoms with van der Waals surface area (Å²) in [6.07, 6.45) is 3.88. The molecule has 1 saturated heterocycles. The molecule has 1 aliphatic rings. The van der Waals surface area contributed by atoms with Gasteiger partial charge in [0.15, 0.2) is 0 Å². The number of piperidine rings is 1. The summed E-state index contributed by atoms with van der Waals surface area (Å²) >= 11 is 0. The molecule has 0 spiro atoms. The molecular weight excluding hydrogens is 222 g/mol. The van der Waals surface area contributed by atoms with Gasteiger partial charge in [0.05, 0.1) is 11.5 Å². The second-order valence-electron chi connectivity index (χ2n) is 6.37. The largest absolute Gasteiger partial charge is 0.312 e. The van der Waals surface area contributed by atoms with Gasteiger partial charge in [0, 0.05) is 19.1 Å². The van der Waals surface area contributed by atoms with E-state index in [0.29, 0.717) is 6.04 Å². The molecular formula is C15H29N3. The van der Waals surface area contributed by atoms with E-state index in [2.05, 4.69) is 30.1 Å². The molecule has 3 heteroatoms. The zero-order chi connectivity index (χ0) is 13.6. The molecule has 0 aromatic heterocycles. The van der Waals surface area contributed by atoms with Gasteiger partial charge in [-0.15, -0.1) is 0 Å². The number of nitrogens with one attached hydrogen (secondary N) is 1. The van der Waals surface area contributed by atoms with Crippen LogP contribution in [0.4, 0.5) is 0 Å². The summed E-state index contributed by atoms with van der Waals surface area (Å²) in [4.78, 5) is 2.59. The molecule has 0 aliphatic carbocycles. The number of nitrogens with zero attached hydrogens (tertiary/aromatic N) is 2. The van der Waals surface area contributed by atoms with Crippen molar-refractivity contribution >= 4 is 0 Å². The van der Waals surface area contributed by atoms with E-state index in [1.165, 1.54) is 38.9 Å². The topological polar surface area (TPSA) is 39.1 Å². The Morgan fingerprint density at radius 2 is 2.22 bits per heavy atom. The van der Waals surface area contributed by atoms with Crippen molar-refractivity contribution < 1.29 is 0 Å². The predicted octanol–water partition coefficient (Wildman–Crippen LogP) is 2.64. The second-order valence-corrected chi connectivity index (χ2v) is 6.37. The molecule has 0 aromatic rings. The Bertz CT molecular complexity index is 278. The van der Waals surface area contributed by atoms with Crippen LogP contribution in [0.5, 0.6) is 0 Å². The van der Waals surface area contributed by atoms with Gasteiger partial charge in [-0.25, -0.2) is 0 Å². The molecule has 0 amide bonds. The number of likely N-dealkylation sites (tertiary alicyclic amines) is 1. The van der Waals surface area contributed by atoms with Crippen LogP contribution in [-0.4, -0.2) is 37.1 Å². The first kappa shape index (κ1) is 15.5. The lowest BCUT2D eigenvalue weighted by Crippen LogP contribution is -2.46. The van der Waals surface area contributed by atoms with Gasteiger partial charge in [-0.05, 0) is 59.0 Å². The summed E-state index contributed by atoms with van der Waals surface area (Å²) in [7, 11) is 0. The molecule has 0 saturated carbocycles.